The largest absolute Gasteiger partial charge is 0.268 e. The van der Waals surface area contributed by atoms with Gasteiger partial charge in [0.25, 0.3) is 5.56 Å². The average molecular weight is 336 g/mol. The highest BCUT2D eigenvalue weighted by atomic mass is 32.2. The molecule has 0 aliphatic heterocycles. The summed E-state index contributed by atoms with van der Waals surface area (Å²) in [7, 11) is 0. The van der Waals surface area contributed by atoms with Gasteiger partial charge in [0.15, 0.2) is 0 Å². The molecule has 1 aromatic heterocycles. The standard InChI is InChI=1S/C20H20N2OS/c1-3-16-13-19(23)22(14-15-9-11-18(24-2)12-10-15)21-20(16)17-7-5-4-6-8-17/h4-13H,3,14H2,1-2H3. The van der Waals surface area contributed by atoms with Gasteiger partial charge in [-0.3, -0.25) is 4.79 Å². The lowest BCUT2D eigenvalue weighted by Gasteiger charge is -2.11. The van der Waals surface area contributed by atoms with Gasteiger partial charge in [0.2, 0.25) is 0 Å². The van der Waals surface area contributed by atoms with Gasteiger partial charge < -0.3 is 0 Å². The Kier molecular flexibility index (Phi) is 5.16. The molecule has 0 unspecified atom stereocenters. The number of aryl methyl sites for hydroxylation is 1. The fraction of sp³-hybridized carbons (Fsp3) is 0.200. The van der Waals surface area contributed by atoms with Gasteiger partial charge in [-0.2, -0.15) is 5.10 Å². The van der Waals surface area contributed by atoms with Crippen molar-refractivity contribution in [1.82, 2.24) is 9.78 Å². The van der Waals surface area contributed by atoms with E-state index >= 15 is 0 Å². The Morgan fingerprint density at radius 2 is 1.75 bits per heavy atom. The van der Waals surface area contributed by atoms with Gasteiger partial charge in [-0.05, 0) is 35.9 Å². The van der Waals surface area contributed by atoms with Crippen LogP contribution >= 0.6 is 11.8 Å². The van der Waals surface area contributed by atoms with E-state index in [4.69, 9.17) is 0 Å². The lowest BCUT2D eigenvalue weighted by atomic mass is 10.1. The highest BCUT2D eigenvalue weighted by Gasteiger charge is 2.10. The topological polar surface area (TPSA) is 34.9 Å². The fourth-order valence-electron chi connectivity index (χ4n) is 2.65. The Morgan fingerprint density at radius 3 is 2.38 bits per heavy atom. The molecule has 0 radical (unpaired) electrons. The van der Waals surface area contributed by atoms with E-state index in [0.29, 0.717) is 6.54 Å². The van der Waals surface area contributed by atoms with Gasteiger partial charge in [-0.25, -0.2) is 4.68 Å². The maximum Gasteiger partial charge on any atom is 0.267 e. The molecule has 0 aliphatic carbocycles. The number of hydrogen-bond donors (Lipinski definition) is 0. The normalized spacial score (nSPS) is 10.8. The van der Waals surface area contributed by atoms with Crippen molar-refractivity contribution in [1.29, 1.82) is 0 Å². The minimum absolute atomic E-state index is 0.0551. The molecule has 0 bridgehead atoms. The van der Waals surface area contributed by atoms with Crippen LogP contribution in [0.15, 0.2) is 70.4 Å². The van der Waals surface area contributed by atoms with Crippen LogP contribution in [0.1, 0.15) is 18.1 Å². The molecule has 3 nitrogen and oxygen atoms in total. The van der Waals surface area contributed by atoms with Crippen LogP contribution in [0, 0.1) is 0 Å². The zero-order valence-electron chi connectivity index (χ0n) is 13.9. The second-order valence-electron chi connectivity index (χ2n) is 5.58. The second kappa shape index (κ2) is 7.49. The van der Waals surface area contributed by atoms with Crippen LogP contribution < -0.4 is 5.56 Å². The van der Waals surface area contributed by atoms with E-state index in [1.54, 1.807) is 22.5 Å². The molecule has 0 amide bonds. The quantitative estimate of drug-likeness (QED) is 0.654. The number of benzene rings is 2. The molecular formula is C20H20N2OS. The predicted molar refractivity (Wildman–Crippen MR) is 101 cm³/mol. The molecule has 3 aromatic rings. The Balaban J connectivity index is 2.00. The minimum atomic E-state index is -0.0551. The molecule has 24 heavy (non-hydrogen) atoms. The third-order valence-corrected chi connectivity index (χ3v) is 4.74. The summed E-state index contributed by atoms with van der Waals surface area (Å²) in [6, 6.07) is 20.0. The monoisotopic (exact) mass is 336 g/mol. The molecular weight excluding hydrogens is 316 g/mol. The third kappa shape index (κ3) is 3.60. The number of hydrogen-bond acceptors (Lipinski definition) is 3. The Morgan fingerprint density at radius 1 is 1.04 bits per heavy atom. The van der Waals surface area contributed by atoms with Crippen molar-refractivity contribution in [2.24, 2.45) is 0 Å². The summed E-state index contributed by atoms with van der Waals surface area (Å²) in [6.07, 6.45) is 2.84. The molecule has 1 heterocycles. The van der Waals surface area contributed by atoms with E-state index in [0.717, 1.165) is 28.8 Å². The molecule has 0 spiro atoms. The summed E-state index contributed by atoms with van der Waals surface area (Å²) in [6.45, 7) is 2.53. The first-order valence-electron chi connectivity index (χ1n) is 8.00. The van der Waals surface area contributed by atoms with E-state index in [1.807, 2.05) is 37.3 Å². The molecule has 4 heteroatoms. The minimum Gasteiger partial charge on any atom is -0.268 e. The highest BCUT2D eigenvalue weighted by Crippen LogP contribution is 2.20. The molecule has 0 fully saturated rings. The first kappa shape index (κ1) is 16.5. The van der Waals surface area contributed by atoms with Crippen molar-refractivity contribution in [2.45, 2.75) is 24.8 Å². The number of rotatable bonds is 5. The molecule has 3 rings (SSSR count). The molecule has 122 valence electrons. The number of nitrogens with zero attached hydrogens (tertiary/aromatic N) is 2. The van der Waals surface area contributed by atoms with Crippen LogP contribution in [0.4, 0.5) is 0 Å². The van der Waals surface area contributed by atoms with Crippen molar-refractivity contribution < 1.29 is 0 Å². The Hall–Kier alpha value is -2.33. The molecule has 0 aliphatic rings. The summed E-state index contributed by atoms with van der Waals surface area (Å²) in [5.74, 6) is 0. The smallest absolute Gasteiger partial charge is 0.267 e. The van der Waals surface area contributed by atoms with E-state index in [1.165, 1.54) is 4.90 Å². The fourth-order valence-corrected chi connectivity index (χ4v) is 3.06. The molecule has 0 atom stereocenters. The molecule has 0 saturated carbocycles. The summed E-state index contributed by atoms with van der Waals surface area (Å²) in [4.78, 5) is 13.6. The second-order valence-corrected chi connectivity index (χ2v) is 6.46. The number of thioether (sulfide) groups is 1. The van der Waals surface area contributed by atoms with E-state index < -0.39 is 0 Å². The van der Waals surface area contributed by atoms with E-state index in [9.17, 15) is 4.79 Å². The van der Waals surface area contributed by atoms with Crippen LogP contribution in [0.25, 0.3) is 11.3 Å². The van der Waals surface area contributed by atoms with Gasteiger partial charge in [0, 0.05) is 16.5 Å². The molecule has 2 aromatic carbocycles. The lowest BCUT2D eigenvalue weighted by Crippen LogP contribution is -2.24. The Bertz CT molecular complexity index is 870. The number of aromatic nitrogens is 2. The van der Waals surface area contributed by atoms with Crippen LogP contribution in [0.3, 0.4) is 0 Å². The first-order valence-corrected chi connectivity index (χ1v) is 9.23. The van der Waals surface area contributed by atoms with Crippen LogP contribution in [-0.2, 0) is 13.0 Å². The lowest BCUT2D eigenvalue weighted by molar-refractivity contribution is 0.638. The van der Waals surface area contributed by atoms with Gasteiger partial charge >= 0.3 is 0 Å². The predicted octanol–water partition coefficient (Wildman–Crippen LogP) is 4.24. The summed E-state index contributed by atoms with van der Waals surface area (Å²) >= 11 is 1.71. The summed E-state index contributed by atoms with van der Waals surface area (Å²) in [5.41, 5.74) is 3.94. The highest BCUT2D eigenvalue weighted by molar-refractivity contribution is 7.98. The SMILES string of the molecule is CCc1cc(=O)n(Cc2ccc(SC)cc2)nc1-c1ccccc1. The Labute approximate surface area is 146 Å². The van der Waals surface area contributed by atoms with Crippen molar-refractivity contribution >= 4 is 11.8 Å². The summed E-state index contributed by atoms with van der Waals surface area (Å²) < 4.78 is 1.55. The molecule has 0 saturated heterocycles. The maximum absolute atomic E-state index is 12.4. The summed E-state index contributed by atoms with van der Waals surface area (Å²) in [5, 5.41) is 4.65. The van der Waals surface area contributed by atoms with Crippen LogP contribution in [0.5, 0.6) is 0 Å². The van der Waals surface area contributed by atoms with Crippen molar-refractivity contribution in [3.63, 3.8) is 0 Å². The average Bonchev–Trinajstić information content (AvgIpc) is 2.64. The van der Waals surface area contributed by atoms with Crippen molar-refractivity contribution in [2.75, 3.05) is 6.26 Å². The van der Waals surface area contributed by atoms with Gasteiger partial charge in [-0.1, -0.05) is 49.4 Å². The van der Waals surface area contributed by atoms with Gasteiger partial charge in [0.05, 0.1) is 12.2 Å². The maximum atomic E-state index is 12.4. The van der Waals surface area contributed by atoms with Gasteiger partial charge in [-0.15, -0.1) is 11.8 Å². The van der Waals surface area contributed by atoms with Crippen LogP contribution in [0.2, 0.25) is 0 Å². The van der Waals surface area contributed by atoms with Crippen molar-refractivity contribution in [3.8, 4) is 11.3 Å². The zero-order valence-corrected chi connectivity index (χ0v) is 14.7. The van der Waals surface area contributed by atoms with E-state index in [2.05, 4.69) is 35.6 Å². The first-order chi connectivity index (χ1) is 11.7. The third-order valence-electron chi connectivity index (χ3n) is 4.00. The van der Waals surface area contributed by atoms with Crippen LogP contribution in [-0.4, -0.2) is 16.0 Å². The van der Waals surface area contributed by atoms with Gasteiger partial charge in [0.1, 0.15) is 0 Å². The van der Waals surface area contributed by atoms with E-state index in [-0.39, 0.29) is 5.56 Å². The zero-order chi connectivity index (χ0) is 16.9. The van der Waals surface area contributed by atoms with Crippen molar-refractivity contribution in [3.05, 3.63) is 82.1 Å². The molecule has 0 N–H and O–H groups in total.